The van der Waals surface area contributed by atoms with Crippen molar-refractivity contribution in [2.45, 2.75) is 6.92 Å². The van der Waals surface area contributed by atoms with Gasteiger partial charge in [0.05, 0.1) is 7.11 Å². The number of nitrogen functional groups attached to an aromatic ring is 1. The number of rotatable bonds is 3. The van der Waals surface area contributed by atoms with Crippen LogP contribution < -0.4 is 15.4 Å². The van der Waals surface area contributed by atoms with Crippen molar-refractivity contribution in [3.05, 3.63) is 29.5 Å². The molecule has 0 aliphatic carbocycles. The third-order valence-corrected chi connectivity index (χ3v) is 3.02. The minimum atomic E-state index is 0.0291. The fraction of sp³-hybridized carbons (Fsp3) is 0.286. The normalized spacial score (nSPS) is 10.5. The molecule has 5 heteroatoms. The second kappa shape index (κ2) is 4.76. The predicted molar refractivity (Wildman–Crippen MR) is 78.4 cm³/mol. The van der Waals surface area contributed by atoms with Crippen LogP contribution >= 0.6 is 0 Å². The number of aryl methyl sites for hydroxylation is 1. The van der Waals surface area contributed by atoms with Gasteiger partial charge in [0.25, 0.3) is 0 Å². The number of hydrogen-bond acceptors (Lipinski definition) is 4. The highest BCUT2D eigenvalue weighted by Gasteiger charge is 2.15. The first-order chi connectivity index (χ1) is 8.95. The van der Waals surface area contributed by atoms with Gasteiger partial charge >= 0.3 is 0 Å². The van der Waals surface area contributed by atoms with Crippen molar-refractivity contribution in [3.8, 4) is 5.75 Å². The van der Waals surface area contributed by atoms with Crippen LogP contribution in [0.4, 0.5) is 5.69 Å². The van der Waals surface area contributed by atoms with E-state index in [2.05, 4.69) is 4.98 Å². The summed E-state index contributed by atoms with van der Waals surface area (Å²) in [5.74, 6) is 0.716. The first kappa shape index (κ1) is 13.1. The Balaban J connectivity index is 2.97. The zero-order valence-corrected chi connectivity index (χ0v) is 11.6. The van der Waals surface area contributed by atoms with E-state index < -0.39 is 0 Å². The molecule has 0 fully saturated rings. The third kappa shape index (κ3) is 2.19. The molecule has 3 N–H and O–H groups in total. The van der Waals surface area contributed by atoms with E-state index >= 15 is 0 Å². The summed E-state index contributed by atoms with van der Waals surface area (Å²) in [4.78, 5) is 6.52. The monoisotopic (exact) mass is 258 g/mol. The maximum Gasteiger partial charge on any atom is 0.145 e. The highest BCUT2D eigenvalue weighted by molar-refractivity contribution is 6.12. The van der Waals surface area contributed by atoms with Crippen molar-refractivity contribution < 1.29 is 4.74 Å². The second-order valence-electron chi connectivity index (χ2n) is 4.63. The number of nitrogens with zero attached hydrogens (tertiary/aromatic N) is 2. The number of nitrogens with one attached hydrogen (secondary N) is 1. The zero-order valence-electron chi connectivity index (χ0n) is 11.6. The van der Waals surface area contributed by atoms with Crippen molar-refractivity contribution in [2.75, 3.05) is 26.1 Å². The van der Waals surface area contributed by atoms with Crippen LogP contribution in [0.2, 0.25) is 0 Å². The van der Waals surface area contributed by atoms with Crippen LogP contribution in [0.3, 0.4) is 0 Å². The Hall–Kier alpha value is -2.30. The summed E-state index contributed by atoms with van der Waals surface area (Å²) >= 11 is 0. The summed E-state index contributed by atoms with van der Waals surface area (Å²) < 4.78 is 5.36. The van der Waals surface area contributed by atoms with Crippen LogP contribution in [0.1, 0.15) is 11.3 Å². The van der Waals surface area contributed by atoms with E-state index in [1.54, 1.807) is 19.2 Å². The van der Waals surface area contributed by atoms with Gasteiger partial charge in [-0.05, 0) is 25.1 Å². The molecule has 2 aromatic rings. The second-order valence-corrected chi connectivity index (χ2v) is 4.63. The molecule has 0 saturated heterocycles. The van der Waals surface area contributed by atoms with Gasteiger partial charge in [0, 0.05) is 36.4 Å². The van der Waals surface area contributed by atoms with Gasteiger partial charge in [0.2, 0.25) is 0 Å². The molecule has 0 aliphatic heterocycles. The van der Waals surface area contributed by atoms with Crippen LogP contribution in [0, 0.1) is 12.3 Å². The van der Waals surface area contributed by atoms with Gasteiger partial charge in [0.1, 0.15) is 17.1 Å². The van der Waals surface area contributed by atoms with E-state index in [0.717, 1.165) is 22.3 Å². The van der Waals surface area contributed by atoms with Crippen molar-refractivity contribution in [3.63, 3.8) is 0 Å². The van der Waals surface area contributed by atoms with Crippen molar-refractivity contribution in [1.29, 1.82) is 5.41 Å². The third-order valence-electron chi connectivity index (χ3n) is 3.02. The maximum atomic E-state index is 7.73. The minimum absolute atomic E-state index is 0.0291. The number of pyridine rings is 1. The molecule has 2 rings (SSSR count). The number of hydrogen-bond donors (Lipinski definition) is 2. The zero-order chi connectivity index (χ0) is 14.2. The van der Waals surface area contributed by atoms with Crippen molar-refractivity contribution in [1.82, 2.24) is 4.98 Å². The summed E-state index contributed by atoms with van der Waals surface area (Å²) in [5, 5.41) is 8.58. The fourth-order valence-electron chi connectivity index (χ4n) is 2.16. The topological polar surface area (TPSA) is 75.2 Å². The van der Waals surface area contributed by atoms with Crippen LogP contribution in [-0.4, -0.2) is 32.0 Å². The summed E-state index contributed by atoms with van der Waals surface area (Å²) in [6, 6.07) is 5.58. The number of aromatic nitrogens is 1. The molecule has 1 aromatic carbocycles. The lowest BCUT2D eigenvalue weighted by Gasteiger charge is -2.19. The summed E-state index contributed by atoms with van der Waals surface area (Å²) in [6.45, 7) is 1.94. The van der Waals surface area contributed by atoms with Gasteiger partial charge in [-0.2, -0.15) is 0 Å². The molecular formula is C14H18N4O. The SMILES string of the molecule is COc1ccc(C(=N)N)c2c(N(C)C)cc(C)nc12. The standard InChI is InChI=1S/C14H18N4O/c1-8-7-10(18(2)3)12-9(14(15)16)5-6-11(19-4)13(12)17-8/h5-7H,1-4H3,(H3,15,16). The molecule has 5 nitrogen and oxygen atoms in total. The quantitative estimate of drug-likeness (QED) is 0.651. The number of methoxy groups -OCH3 is 1. The maximum absolute atomic E-state index is 7.73. The van der Waals surface area contributed by atoms with Crippen molar-refractivity contribution in [2.24, 2.45) is 5.73 Å². The lowest BCUT2D eigenvalue weighted by Crippen LogP contribution is -2.16. The summed E-state index contributed by atoms with van der Waals surface area (Å²) in [6.07, 6.45) is 0. The molecule has 0 spiro atoms. The molecule has 1 heterocycles. The highest BCUT2D eigenvalue weighted by Crippen LogP contribution is 2.34. The lowest BCUT2D eigenvalue weighted by molar-refractivity contribution is 0.419. The molecular weight excluding hydrogens is 240 g/mol. The van der Waals surface area contributed by atoms with Crippen molar-refractivity contribution >= 4 is 22.4 Å². The van der Waals surface area contributed by atoms with E-state index in [1.807, 2.05) is 32.0 Å². The molecule has 100 valence electrons. The summed E-state index contributed by atoms with van der Waals surface area (Å²) in [5.41, 5.74) is 8.96. The fourth-order valence-corrected chi connectivity index (χ4v) is 2.16. The van der Waals surface area contributed by atoms with E-state index in [9.17, 15) is 0 Å². The van der Waals surface area contributed by atoms with Crippen LogP contribution in [0.5, 0.6) is 5.75 Å². The molecule has 1 aromatic heterocycles. The molecule has 0 bridgehead atoms. The number of benzene rings is 1. The first-order valence-electron chi connectivity index (χ1n) is 5.95. The number of anilines is 1. The van der Waals surface area contributed by atoms with Gasteiger partial charge in [0.15, 0.2) is 0 Å². The van der Waals surface area contributed by atoms with Gasteiger partial charge in [-0.15, -0.1) is 0 Å². The van der Waals surface area contributed by atoms with E-state index in [1.165, 1.54) is 0 Å². The lowest BCUT2D eigenvalue weighted by atomic mass is 10.0. The van der Waals surface area contributed by atoms with Gasteiger partial charge in [-0.1, -0.05) is 0 Å². The van der Waals surface area contributed by atoms with Crippen LogP contribution in [-0.2, 0) is 0 Å². The van der Waals surface area contributed by atoms with E-state index in [0.29, 0.717) is 11.3 Å². The minimum Gasteiger partial charge on any atom is -0.494 e. The molecule has 0 atom stereocenters. The molecule has 0 saturated carbocycles. The Labute approximate surface area is 112 Å². The number of ether oxygens (including phenoxy) is 1. The smallest absolute Gasteiger partial charge is 0.145 e. The van der Waals surface area contributed by atoms with Gasteiger partial charge in [-0.25, -0.2) is 4.98 Å². The van der Waals surface area contributed by atoms with E-state index in [-0.39, 0.29) is 5.84 Å². The van der Waals surface area contributed by atoms with E-state index in [4.69, 9.17) is 15.9 Å². The number of amidine groups is 1. The molecule has 0 radical (unpaired) electrons. The molecule has 19 heavy (non-hydrogen) atoms. The number of nitrogens with two attached hydrogens (primary N) is 1. The Morgan fingerprint density at radius 2 is 2.05 bits per heavy atom. The molecule has 0 amide bonds. The average Bonchev–Trinajstić information content (AvgIpc) is 2.35. The number of fused-ring (bicyclic) bond motifs is 1. The Morgan fingerprint density at radius 1 is 1.37 bits per heavy atom. The summed E-state index contributed by atoms with van der Waals surface area (Å²) in [7, 11) is 5.52. The Kier molecular flexibility index (Phi) is 3.29. The average molecular weight is 258 g/mol. The first-order valence-corrected chi connectivity index (χ1v) is 5.95. The van der Waals surface area contributed by atoms with Crippen LogP contribution in [0.15, 0.2) is 18.2 Å². The molecule has 0 unspecified atom stereocenters. The van der Waals surface area contributed by atoms with Gasteiger partial charge in [-0.3, -0.25) is 5.41 Å². The largest absolute Gasteiger partial charge is 0.494 e. The highest BCUT2D eigenvalue weighted by atomic mass is 16.5. The Morgan fingerprint density at radius 3 is 2.58 bits per heavy atom. The predicted octanol–water partition coefficient (Wildman–Crippen LogP) is 1.90. The Bertz CT molecular complexity index is 649. The van der Waals surface area contributed by atoms with Gasteiger partial charge < -0.3 is 15.4 Å². The van der Waals surface area contributed by atoms with Crippen LogP contribution in [0.25, 0.3) is 10.9 Å². The molecule has 0 aliphatic rings.